The molecule has 0 unspecified atom stereocenters. The molecule has 1 heterocycles. The fourth-order valence-corrected chi connectivity index (χ4v) is 2.06. The zero-order valence-electron chi connectivity index (χ0n) is 10.1. The molecule has 3 rings (SSSR count). The third kappa shape index (κ3) is 2.33. The lowest BCUT2D eigenvalue weighted by Crippen LogP contribution is -1.89. The Morgan fingerprint density at radius 2 is 1.79 bits per heavy atom. The molecule has 0 aliphatic carbocycles. The highest BCUT2D eigenvalue weighted by Crippen LogP contribution is 2.22. The normalized spacial score (nSPS) is 10.7. The molecule has 0 bridgehead atoms. The fourth-order valence-electron chi connectivity index (χ4n) is 2.06. The van der Waals surface area contributed by atoms with Crippen LogP contribution >= 0.6 is 0 Å². The van der Waals surface area contributed by atoms with Gasteiger partial charge in [0.05, 0.1) is 4.92 Å². The molecule has 0 saturated carbocycles. The zero-order chi connectivity index (χ0) is 13.2. The van der Waals surface area contributed by atoms with Crippen LogP contribution < -0.4 is 0 Å². The maximum atomic E-state index is 10.6. The Bertz CT molecular complexity index is 695. The summed E-state index contributed by atoms with van der Waals surface area (Å²) in [7, 11) is 0. The molecular formula is C15H11NO3. The van der Waals surface area contributed by atoms with Crippen molar-refractivity contribution < 1.29 is 9.34 Å². The van der Waals surface area contributed by atoms with Gasteiger partial charge in [0.2, 0.25) is 0 Å². The summed E-state index contributed by atoms with van der Waals surface area (Å²) >= 11 is 0. The van der Waals surface area contributed by atoms with Gasteiger partial charge < -0.3 is 4.42 Å². The van der Waals surface area contributed by atoms with E-state index in [1.54, 1.807) is 12.1 Å². The van der Waals surface area contributed by atoms with Gasteiger partial charge in [-0.3, -0.25) is 10.1 Å². The van der Waals surface area contributed by atoms with Crippen LogP contribution in [0.3, 0.4) is 0 Å². The third-order valence-corrected chi connectivity index (χ3v) is 3.00. The van der Waals surface area contributed by atoms with Crippen molar-refractivity contribution in [2.24, 2.45) is 0 Å². The molecule has 19 heavy (non-hydrogen) atoms. The summed E-state index contributed by atoms with van der Waals surface area (Å²) < 4.78 is 5.72. The van der Waals surface area contributed by atoms with Crippen molar-refractivity contribution in [2.45, 2.75) is 6.42 Å². The quantitative estimate of drug-likeness (QED) is 0.525. The molecule has 0 atom stereocenters. The number of hydrogen-bond donors (Lipinski definition) is 0. The second-order valence-corrected chi connectivity index (χ2v) is 4.35. The van der Waals surface area contributed by atoms with E-state index in [0.717, 1.165) is 22.3 Å². The first-order valence-electron chi connectivity index (χ1n) is 5.93. The predicted octanol–water partition coefficient (Wildman–Crippen LogP) is 3.93. The van der Waals surface area contributed by atoms with E-state index in [9.17, 15) is 10.1 Å². The van der Waals surface area contributed by atoms with Gasteiger partial charge in [-0.25, -0.2) is 0 Å². The van der Waals surface area contributed by atoms with E-state index in [-0.39, 0.29) is 5.69 Å². The van der Waals surface area contributed by atoms with E-state index in [1.165, 1.54) is 12.1 Å². The van der Waals surface area contributed by atoms with E-state index in [1.807, 2.05) is 30.3 Å². The summed E-state index contributed by atoms with van der Waals surface area (Å²) in [4.78, 5) is 10.2. The largest absolute Gasteiger partial charge is 0.461 e. The number of fused-ring (bicyclic) bond motifs is 1. The number of nitro groups is 1. The molecule has 0 aliphatic heterocycles. The molecule has 0 N–H and O–H groups in total. The third-order valence-electron chi connectivity index (χ3n) is 3.00. The lowest BCUT2D eigenvalue weighted by molar-refractivity contribution is -0.384. The summed E-state index contributed by atoms with van der Waals surface area (Å²) in [5, 5.41) is 11.6. The Hall–Kier alpha value is -2.62. The van der Waals surface area contributed by atoms with Gasteiger partial charge in [-0.05, 0) is 17.7 Å². The van der Waals surface area contributed by atoms with Gasteiger partial charge in [0.1, 0.15) is 11.3 Å². The summed E-state index contributed by atoms with van der Waals surface area (Å²) in [5.74, 6) is 0.857. The van der Waals surface area contributed by atoms with Crippen molar-refractivity contribution in [3.8, 4) is 0 Å². The SMILES string of the molecule is O=[N+]([O-])c1ccc(Cc2cc3ccccc3o2)cc1. The van der Waals surface area contributed by atoms with E-state index >= 15 is 0 Å². The Kier molecular flexibility index (Phi) is 2.76. The molecule has 0 radical (unpaired) electrons. The van der Waals surface area contributed by atoms with Crippen LogP contribution in [0.2, 0.25) is 0 Å². The maximum Gasteiger partial charge on any atom is 0.269 e. The minimum atomic E-state index is -0.398. The lowest BCUT2D eigenvalue weighted by Gasteiger charge is -1.97. The second-order valence-electron chi connectivity index (χ2n) is 4.35. The van der Waals surface area contributed by atoms with E-state index < -0.39 is 4.92 Å². The second kappa shape index (κ2) is 4.57. The highest BCUT2D eigenvalue weighted by Gasteiger charge is 2.07. The number of furan rings is 1. The number of rotatable bonds is 3. The molecule has 3 aromatic rings. The van der Waals surface area contributed by atoms with Crippen molar-refractivity contribution >= 4 is 16.7 Å². The smallest absolute Gasteiger partial charge is 0.269 e. The van der Waals surface area contributed by atoms with Crippen molar-refractivity contribution in [3.63, 3.8) is 0 Å². The van der Waals surface area contributed by atoms with Crippen molar-refractivity contribution in [3.05, 3.63) is 76.0 Å². The summed E-state index contributed by atoms with van der Waals surface area (Å²) in [6, 6.07) is 16.4. The van der Waals surface area contributed by atoms with Gasteiger partial charge in [0.25, 0.3) is 5.69 Å². The number of para-hydroxylation sites is 1. The van der Waals surface area contributed by atoms with Crippen molar-refractivity contribution in [1.29, 1.82) is 0 Å². The van der Waals surface area contributed by atoms with E-state index in [2.05, 4.69) is 0 Å². The molecule has 0 fully saturated rings. The van der Waals surface area contributed by atoms with Gasteiger partial charge >= 0.3 is 0 Å². The molecule has 4 heteroatoms. The van der Waals surface area contributed by atoms with Crippen LogP contribution in [0.5, 0.6) is 0 Å². The molecule has 0 spiro atoms. The van der Waals surface area contributed by atoms with Crippen LogP contribution in [-0.2, 0) is 6.42 Å². The van der Waals surface area contributed by atoms with Crippen LogP contribution in [0, 0.1) is 10.1 Å². The molecule has 2 aromatic carbocycles. The van der Waals surface area contributed by atoms with Gasteiger partial charge in [-0.2, -0.15) is 0 Å². The number of nitro benzene ring substituents is 1. The fraction of sp³-hybridized carbons (Fsp3) is 0.0667. The Labute approximate surface area is 109 Å². The van der Waals surface area contributed by atoms with Crippen LogP contribution in [0.15, 0.2) is 59.0 Å². The van der Waals surface area contributed by atoms with Crippen LogP contribution in [0.25, 0.3) is 11.0 Å². The lowest BCUT2D eigenvalue weighted by atomic mass is 10.1. The highest BCUT2D eigenvalue weighted by atomic mass is 16.6. The summed E-state index contributed by atoms with van der Waals surface area (Å²) in [5.41, 5.74) is 1.96. The molecular weight excluding hydrogens is 242 g/mol. The van der Waals surface area contributed by atoms with Gasteiger partial charge in [-0.15, -0.1) is 0 Å². The predicted molar refractivity (Wildman–Crippen MR) is 72.1 cm³/mol. The van der Waals surface area contributed by atoms with Gasteiger partial charge in [0, 0.05) is 23.9 Å². The monoisotopic (exact) mass is 253 g/mol. The van der Waals surface area contributed by atoms with Crippen molar-refractivity contribution in [2.75, 3.05) is 0 Å². The van der Waals surface area contributed by atoms with Crippen LogP contribution in [0.4, 0.5) is 5.69 Å². The first-order chi connectivity index (χ1) is 9.22. The average molecular weight is 253 g/mol. The topological polar surface area (TPSA) is 56.3 Å². The molecule has 0 saturated heterocycles. The van der Waals surface area contributed by atoms with E-state index in [0.29, 0.717) is 6.42 Å². The molecule has 94 valence electrons. The summed E-state index contributed by atoms with van der Waals surface area (Å²) in [6.07, 6.45) is 0.632. The Morgan fingerprint density at radius 3 is 2.47 bits per heavy atom. The zero-order valence-corrected chi connectivity index (χ0v) is 10.1. The number of hydrogen-bond acceptors (Lipinski definition) is 3. The molecule has 0 aliphatic rings. The van der Waals surface area contributed by atoms with Crippen molar-refractivity contribution in [1.82, 2.24) is 0 Å². The molecule has 1 aromatic heterocycles. The standard InChI is InChI=1S/C15H11NO3/c17-16(18)13-7-5-11(6-8-13)9-14-10-12-3-1-2-4-15(12)19-14/h1-8,10H,9H2. The average Bonchev–Trinajstić information content (AvgIpc) is 2.81. The van der Waals surface area contributed by atoms with Gasteiger partial charge in [-0.1, -0.05) is 30.3 Å². The van der Waals surface area contributed by atoms with Gasteiger partial charge in [0.15, 0.2) is 0 Å². The Morgan fingerprint density at radius 1 is 1.05 bits per heavy atom. The molecule has 4 nitrogen and oxygen atoms in total. The van der Waals surface area contributed by atoms with Crippen LogP contribution in [0.1, 0.15) is 11.3 Å². The Balaban J connectivity index is 1.86. The maximum absolute atomic E-state index is 10.6. The highest BCUT2D eigenvalue weighted by molar-refractivity contribution is 5.77. The first kappa shape index (κ1) is 11.5. The summed E-state index contributed by atoms with van der Waals surface area (Å²) in [6.45, 7) is 0. The number of nitrogens with zero attached hydrogens (tertiary/aromatic N) is 1. The minimum absolute atomic E-state index is 0.105. The first-order valence-corrected chi connectivity index (χ1v) is 5.93. The minimum Gasteiger partial charge on any atom is -0.461 e. The van der Waals surface area contributed by atoms with E-state index in [4.69, 9.17) is 4.42 Å². The number of benzene rings is 2. The number of non-ortho nitro benzene ring substituents is 1. The van der Waals surface area contributed by atoms with Crippen LogP contribution in [-0.4, -0.2) is 4.92 Å². The molecule has 0 amide bonds.